The van der Waals surface area contributed by atoms with Gasteiger partial charge in [0, 0.05) is 5.56 Å². The summed E-state index contributed by atoms with van der Waals surface area (Å²) < 4.78 is 95.9. The Kier molecular flexibility index (Phi) is 12.7. The lowest BCUT2D eigenvalue weighted by Gasteiger charge is -2.18. The summed E-state index contributed by atoms with van der Waals surface area (Å²) in [7, 11) is -4.12. The van der Waals surface area contributed by atoms with E-state index < -0.39 is 55.1 Å². The number of amides is 1. The summed E-state index contributed by atoms with van der Waals surface area (Å²) in [5.74, 6) is -3.02. The maximum atomic E-state index is 13.9. The van der Waals surface area contributed by atoms with Crippen molar-refractivity contribution >= 4 is 33.6 Å². The molecule has 222 valence electrons. The smallest absolute Gasteiger partial charge is 0.208 e. The Morgan fingerprint density at radius 2 is 1.26 bits per heavy atom. The standard InChI is InChI=1S/C15H13F2NO3S.C7H4F2O.C7H8O2S/c1-10-2-5-12(6-3-10)22(20,21)15(18-9-19)13-8-11(16)4-7-14(13)17;8-6-1-2-7(9)5(3-6)4-10;1-6-2-4-7(5-3-6)10(8)9/h2-9,15H,1H3,(H,18,19);1-4H;2-5H,1H3,(H,8,9). The molecule has 42 heavy (non-hydrogen) atoms. The van der Waals surface area contributed by atoms with E-state index in [0.717, 1.165) is 47.5 Å². The number of benzene rings is 4. The van der Waals surface area contributed by atoms with Gasteiger partial charge in [0.25, 0.3) is 0 Å². The summed E-state index contributed by atoms with van der Waals surface area (Å²) in [4.78, 5) is 21.1. The normalized spacial score (nSPS) is 12.0. The number of nitrogens with one attached hydrogen (secondary N) is 1. The summed E-state index contributed by atoms with van der Waals surface area (Å²) in [6, 6.07) is 17.9. The van der Waals surface area contributed by atoms with Crippen LogP contribution >= 0.6 is 0 Å². The van der Waals surface area contributed by atoms with Crippen molar-refractivity contribution in [3.8, 4) is 0 Å². The number of carbonyl (C=O) groups excluding carboxylic acids is 2. The molecule has 2 unspecified atom stereocenters. The Labute approximate surface area is 242 Å². The molecule has 4 aromatic rings. The number of carbonyl (C=O) groups is 2. The highest BCUT2D eigenvalue weighted by molar-refractivity contribution is 7.91. The zero-order chi connectivity index (χ0) is 31.4. The van der Waals surface area contributed by atoms with Gasteiger partial charge in [0.2, 0.25) is 16.2 Å². The van der Waals surface area contributed by atoms with Crippen LogP contribution in [0.15, 0.2) is 94.7 Å². The molecule has 7 nitrogen and oxygen atoms in total. The number of aryl methyl sites for hydroxylation is 2. The van der Waals surface area contributed by atoms with Crippen LogP contribution in [0.5, 0.6) is 0 Å². The predicted octanol–water partition coefficient (Wildman–Crippen LogP) is 5.84. The van der Waals surface area contributed by atoms with E-state index in [-0.39, 0.29) is 23.2 Å². The molecule has 0 aliphatic carbocycles. The second kappa shape index (κ2) is 15.7. The summed E-state index contributed by atoms with van der Waals surface area (Å²) >= 11 is -1.84. The largest absolute Gasteiger partial charge is 0.338 e. The van der Waals surface area contributed by atoms with E-state index in [2.05, 4.69) is 0 Å². The first-order valence-corrected chi connectivity index (χ1v) is 14.5. The monoisotopic (exact) mass is 623 g/mol. The lowest BCUT2D eigenvalue weighted by atomic mass is 10.2. The Morgan fingerprint density at radius 1 is 0.762 bits per heavy atom. The molecule has 13 heteroatoms. The molecule has 0 saturated carbocycles. The Morgan fingerprint density at radius 3 is 1.74 bits per heavy atom. The molecule has 0 bridgehead atoms. The molecule has 0 aliphatic rings. The molecule has 1 amide bonds. The molecule has 0 spiro atoms. The van der Waals surface area contributed by atoms with Gasteiger partial charge in [0.05, 0.1) is 15.4 Å². The van der Waals surface area contributed by atoms with E-state index in [1.807, 2.05) is 24.4 Å². The van der Waals surface area contributed by atoms with Crippen LogP contribution < -0.4 is 5.32 Å². The fourth-order valence-corrected chi connectivity index (χ4v) is 5.15. The van der Waals surface area contributed by atoms with Gasteiger partial charge in [-0.05, 0) is 74.5 Å². The first-order chi connectivity index (χ1) is 19.8. The summed E-state index contributed by atoms with van der Waals surface area (Å²) in [6.07, 6.45) is 0.416. The van der Waals surface area contributed by atoms with Crippen molar-refractivity contribution in [1.29, 1.82) is 0 Å². The van der Waals surface area contributed by atoms with E-state index in [0.29, 0.717) is 4.90 Å². The van der Waals surface area contributed by atoms with Gasteiger partial charge in [0.1, 0.15) is 23.3 Å². The third-order valence-electron chi connectivity index (χ3n) is 5.43. The number of rotatable bonds is 7. The molecule has 0 aromatic heterocycles. The van der Waals surface area contributed by atoms with Crippen molar-refractivity contribution in [2.24, 2.45) is 0 Å². The molecule has 0 saturated heterocycles. The summed E-state index contributed by atoms with van der Waals surface area (Å²) in [5, 5.41) is 0.340. The van der Waals surface area contributed by atoms with E-state index >= 15 is 0 Å². The zero-order valence-electron chi connectivity index (χ0n) is 22.1. The van der Waals surface area contributed by atoms with E-state index in [1.165, 1.54) is 12.1 Å². The highest BCUT2D eigenvalue weighted by Crippen LogP contribution is 2.29. The third-order valence-corrected chi connectivity index (χ3v) is 8.04. The van der Waals surface area contributed by atoms with Crippen molar-refractivity contribution in [3.05, 3.63) is 130 Å². The first-order valence-electron chi connectivity index (χ1n) is 11.8. The van der Waals surface area contributed by atoms with Gasteiger partial charge < -0.3 is 9.87 Å². The maximum absolute atomic E-state index is 13.9. The van der Waals surface area contributed by atoms with Crippen molar-refractivity contribution in [2.75, 3.05) is 0 Å². The molecule has 0 fully saturated rings. The third kappa shape index (κ3) is 9.72. The lowest BCUT2D eigenvalue weighted by molar-refractivity contribution is -0.109. The van der Waals surface area contributed by atoms with Crippen LogP contribution in [0.1, 0.15) is 32.4 Å². The average Bonchev–Trinajstić information content (AvgIpc) is 2.95. The van der Waals surface area contributed by atoms with Crippen molar-refractivity contribution < 1.29 is 44.3 Å². The fourth-order valence-electron chi connectivity index (χ4n) is 3.25. The van der Waals surface area contributed by atoms with Crippen LogP contribution in [0.25, 0.3) is 0 Å². The molecular weight excluding hydrogens is 598 g/mol. The van der Waals surface area contributed by atoms with Crippen LogP contribution in [0, 0.1) is 37.1 Å². The molecule has 0 heterocycles. The van der Waals surface area contributed by atoms with Crippen LogP contribution in [-0.2, 0) is 25.7 Å². The van der Waals surface area contributed by atoms with Crippen LogP contribution in [0.3, 0.4) is 0 Å². The minimum atomic E-state index is -4.12. The summed E-state index contributed by atoms with van der Waals surface area (Å²) in [5.41, 5.74) is 1.23. The fraction of sp³-hybridized carbons (Fsp3) is 0.103. The molecule has 4 aromatic carbocycles. The highest BCUT2D eigenvalue weighted by Gasteiger charge is 2.31. The molecule has 0 radical (unpaired) electrons. The minimum absolute atomic E-state index is 0.0962. The van der Waals surface area contributed by atoms with Crippen LogP contribution in [0.4, 0.5) is 17.6 Å². The van der Waals surface area contributed by atoms with Crippen LogP contribution in [-0.4, -0.2) is 29.9 Å². The van der Waals surface area contributed by atoms with E-state index in [9.17, 15) is 39.8 Å². The van der Waals surface area contributed by atoms with Gasteiger partial charge in [-0.1, -0.05) is 35.4 Å². The van der Waals surface area contributed by atoms with Gasteiger partial charge in [-0.25, -0.2) is 30.2 Å². The van der Waals surface area contributed by atoms with Crippen molar-refractivity contribution in [2.45, 2.75) is 29.0 Å². The molecule has 0 aliphatic heterocycles. The van der Waals surface area contributed by atoms with Crippen molar-refractivity contribution in [3.63, 3.8) is 0 Å². The predicted molar refractivity (Wildman–Crippen MR) is 149 cm³/mol. The minimum Gasteiger partial charge on any atom is -0.338 e. The average molecular weight is 624 g/mol. The number of hydrogen-bond acceptors (Lipinski definition) is 5. The van der Waals surface area contributed by atoms with Gasteiger partial charge in [0.15, 0.2) is 22.7 Å². The molecule has 4 rings (SSSR count). The van der Waals surface area contributed by atoms with E-state index in [1.54, 1.807) is 31.2 Å². The molecule has 2 atom stereocenters. The zero-order valence-corrected chi connectivity index (χ0v) is 23.8. The van der Waals surface area contributed by atoms with Gasteiger partial charge in [-0.3, -0.25) is 9.59 Å². The Balaban J connectivity index is 0.000000254. The maximum Gasteiger partial charge on any atom is 0.208 e. The van der Waals surface area contributed by atoms with Crippen molar-refractivity contribution in [1.82, 2.24) is 5.32 Å². The topological polar surface area (TPSA) is 118 Å². The van der Waals surface area contributed by atoms with Gasteiger partial charge in [-0.2, -0.15) is 0 Å². The SMILES string of the molecule is Cc1ccc(S(=O)(=O)C(NC=O)c2cc(F)ccc2F)cc1.Cc1ccc(S(=O)O)cc1.O=Cc1cc(F)ccc1F. The number of hydrogen-bond donors (Lipinski definition) is 2. The first kappa shape index (κ1) is 34.0. The number of aldehydes is 1. The second-order valence-corrected chi connectivity index (χ2v) is 11.5. The number of sulfone groups is 1. The second-order valence-electron chi connectivity index (χ2n) is 8.53. The number of halogens is 4. The molecule has 2 N–H and O–H groups in total. The Hall–Kier alpha value is -4.20. The van der Waals surface area contributed by atoms with Gasteiger partial charge >= 0.3 is 0 Å². The van der Waals surface area contributed by atoms with E-state index in [4.69, 9.17) is 4.55 Å². The summed E-state index contributed by atoms with van der Waals surface area (Å²) in [6.45, 7) is 3.72. The van der Waals surface area contributed by atoms with Gasteiger partial charge in [-0.15, -0.1) is 0 Å². The highest BCUT2D eigenvalue weighted by atomic mass is 32.2. The van der Waals surface area contributed by atoms with Crippen LogP contribution in [0.2, 0.25) is 0 Å². The quantitative estimate of drug-likeness (QED) is 0.152. The lowest BCUT2D eigenvalue weighted by Crippen LogP contribution is -2.29. The Bertz CT molecular complexity index is 1650. The molecular formula is C29H25F4NO6S2.